The Bertz CT molecular complexity index is 323. The first-order chi connectivity index (χ1) is 7.19. The zero-order chi connectivity index (χ0) is 11.3. The number of ether oxygens (including phenoxy) is 1. The van der Waals surface area contributed by atoms with Crippen molar-refractivity contribution in [3.05, 3.63) is 34.3 Å². The van der Waals surface area contributed by atoms with Crippen LogP contribution in [0.1, 0.15) is 18.6 Å². The van der Waals surface area contributed by atoms with Crippen molar-refractivity contribution in [1.29, 1.82) is 0 Å². The van der Waals surface area contributed by atoms with E-state index in [2.05, 4.69) is 20.8 Å². The third kappa shape index (κ3) is 3.30. The highest BCUT2D eigenvalue weighted by atomic mass is 79.9. The van der Waals surface area contributed by atoms with Gasteiger partial charge in [0.25, 0.3) is 0 Å². The van der Waals surface area contributed by atoms with Gasteiger partial charge in [-0.05, 0) is 24.6 Å². The molecule has 4 nitrogen and oxygen atoms in total. The fourth-order valence-corrected chi connectivity index (χ4v) is 1.36. The molecule has 0 aliphatic heterocycles. The molecule has 1 unspecified atom stereocenters. The van der Waals surface area contributed by atoms with Crippen LogP contribution in [0, 0.1) is 0 Å². The number of halogens is 1. The minimum atomic E-state index is -1.09. The van der Waals surface area contributed by atoms with E-state index in [9.17, 15) is 4.79 Å². The molecule has 0 fully saturated rings. The summed E-state index contributed by atoms with van der Waals surface area (Å²) in [4.78, 5) is 15.4. The summed E-state index contributed by atoms with van der Waals surface area (Å²) in [6.45, 7) is 1.93. The number of carbonyl (C=O) groups is 1. The van der Waals surface area contributed by atoms with Crippen molar-refractivity contribution in [2.45, 2.75) is 13.0 Å². The molecule has 0 saturated heterocycles. The fraction of sp³-hybridized carbons (Fsp3) is 0.300. The molecule has 0 bridgehead atoms. The summed E-state index contributed by atoms with van der Waals surface area (Å²) in [6, 6.07) is 6.84. The van der Waals surface area contributed by atoms with Gasteiger partial charge in [0.1, 0.15) is 0 Å². The van der Waals surface area contributed by atoms with Crippen LogP contribution >= 0.6 is 15.9 Å². The SMILES string of the molecule is CCOC(=O)C(OO)c1ccc(Br)cc1. The molecule has 0 heterocycles. The van der Waals surface area contributed by atoms with Gasteiger partial charge in [-0.15, -0.1) is 0 Å². The standard InChI is InChI=1S/C10H11BrO4/c1-2-14-10(12)9(15-13)7-3-5-8(11)6-4-7/h3-6,9,13H,2H2,1H3. The van der Waals surface area contributed by atoms with E-state index < -0.39 is 12.1 Å². The monoisotopic (exact) mass is 274 g/mol. The second-order valence-electron chi connectivity index (χ2n) is 2.79. The number of hydrogen-bond donors (Lipinski definition) is 1. The Morgan fingerprint density at radius 2 is 2.07 bits per heavy atom. The highest BCUT2D eigenvalue weighted by Crippen LogP contribution is 2.20. The van der Waals surface area contributed by atoms with Crippen molar-refractivity contribution in [2.24, 2.45) is 0 Å². The maximum atomic E-state index is 11.3. The molecule has 0 spiro atoms. The van der Waals surface area contributed by atoms with Crippen molar-refractivity contribution in [3.8, 4) is 0 Å². The van der Waals surface area contributed by atoms with Gasteiger partial charge < -0.3 is 4.74 Å². The van der Waals surface area contributed by atoms with Crippen molar-refractivity contribution in [1.82, 2.24) is 0 Å². The molecule has 1 atom stereocenters. The van der Waals surface area contributed by atoms with Crippen LogP contribution in [-0.4, -0.2) is 17.8 Å². The van der Waals surface area contributed by atoms with Crippen molar-refractivity contribution in [2.75, 3.05) is 6.61 Å². The van der Waals surface area contributed by atoms with Gasteiger partial charge in [0, 0.05) is 4.47 Å². The zero-order valence-electron chi connectivity index (χ0n) is 8.14. The maximum absolute atomic E-state index is 11.3. The van der Waals surface area contributed by atoms with Crippen LogP contribution in [0.3, 0.4) is 0 Å². The molecule has 0 aliphatic carbocycles. The molecule has 0 amide bonds. The van der Waals surface area contributed by atoms with Crippen LogP contribution in [0.25, 0.3) is 0 Å². The molecule has 0 aliphatic rings. The van der Waals surface area contributed by atoms with Crippen LogP contribution in [0.2, 0.25) is 0 Å². The van der Waals surface area contributed by atoms with Crippen LogP contribution in [-0.2, 0) is 14.4 Å². The van der Waals surface area contributed by atoms with Gasteiger partial charge in [-0.1, -0.05) is 28.1 Å². The molecule has 0 aromatic heterocycles. The highest BCUT2D eigenvalue weighted by molar-refractivity contribution is 9.10. The molecular formula is C10H11BrO4. The summed E-state index contributed by atoms with van der Waals surface area (Å²) in [5.41, 5.74) is 0.541. The fourth-order valence-electron chi connectivity index (χ4n) is 1.10. The van der Waals surface area contributed by atoms with Gasteiger partial charge in [-0.2, -0.15) is 0 Å². The Morgan fingerprint density at radius 1 is 1.47 bits per heavy atom. The maximum Gasteiger partial charge on any atom is 0.343 e. The highest BCUT2D eigenvalue weighted by Gasteiger charge is 2.22. The molecule has 5 heteroatoms. The quantitative estimate of drug-likeness (QED) is 0.521. The van der Waals surface area contributed by atoms with Gasteiger partial charge in [0.15, 0.2) is 0 Å². The lowest BCUT2D eigenvalue weighted by Gasteiger charge is -2.12. The van der Waals surface area contributed by atoms with E-state index in [0.29, 0.717) is 5.56 Å². The second kappa shape index (κ2) is 5.85. The first-order valence-electron chi connectivity index (χ1n) is 4.41. The molecular weight excluding hydrogens is 264 g/mol. The lowest BCUT2D eigenvalue weighted by molar-refractivity contribution is -0.280. The largest absolute Gasteiger partial charge is 0.464 e. The van der Waals surface area contributed by atoms with E-state index in [4.69, 9.17) is 9.99 Å². The van der Waals surface area contributed by atoms with Gasteiger partial charge in [-0.25, -0.2) is 9.68 Å². The predicted octanol–water partition coefficient (Wildman–Crippen LogP) is 2.54. The number of esters is 1. The van der Waals surface area contributed by atoms with Crippen LogP contribution in [0.4, 0.5) is 0 Å². The molecule has 82 valence electrons. The third-order valence-electron chi connectivity index (χ3n) is 1.78. The number of hydrogen-bond acceptors (Lipinski definition) is 4. The molecule has 1 aromatic carbocycles. The Kier molecular flexibility index (Phi) is 4.74. The average Bonchev–Trinajstić information content (AvgIpc) is 2.22. The van der Waals surface area contributed by atoms with E-state index in [1.54, 1.807) is 31.2 Å². The van der Waals surface area contributed by atoms with Crippen LogP contribution < -0.4 is 0 Å². The molecule has 1 N–H and O–H groups in total. The predicted molar refractivity (Wildman–Crippen MR) is 57.2 cm³/mol. The van der Waals surface area contributed by atoms with Gasteiger partial charge in [0.2, 0.25) is 6.10 Å². The van der Waals surface area contributed by atoms with Gasteiger partial charge >= 0.3 is 5.97 Å². The topological polar surface area (TPSA) is 55.8 Å². The van der Waals surface area contributed by atoms with Gasteiger partial charge in [0.05, 0.1) is 6.61 Å². The Balaban J connectivity index is 2.82. The minimum absolute atomic E-state index is 0.245. The first-order valence-corrected chi connectivity index (χ1v) is 5.20. The lowest BCUT2D eigenvalue weighted by Crippen LogP contribution is -2.17. The van der Waals surface area contributed by atoms with Gasteiger partial charge in [-0.3, -0.25) is 5.26 Å². The minimum Gasteiger partial charge on any atom is -0.464 e. The van der Waals surface area contributed by atoms with Crippen LogP contribution in [0.15, 0.2) is 28.7 Å². The summed E-state index contributed by atoms with van der Waals surface area (Å²) in [5, 5.41) is 8.63. The van der Waals surface area contributed by atoms with Crippen molar-refractivity contribution < 1.29 is 19.7 Å². The number of benzene rings is 1. The molecule has 1 aromatic rings. The number of carbonyl (C=O) groups excluding carboxylic acids is 1. The summed E-state index contributed by atoms with van der Waals surface area (Å²) < 4.78 is 5.63. The molecule has 0 radical (unpaired) electrons. The van der Waals surface area contributed by atoms with E-state index in [1.807, 2.05) is 0 Å². The smallest absolute Gasteiger partial charge is 0.343 e. The zero-order valence-corrected chi connectivity index (χ0v) is 9.73. The Morgan fingerprint density at radius 3 is 2.53 bits per heavy atom. The Hall–Kier alpha value is -0.910. The summed E-state index contributed by atoms with van der Waals surface area (Å²) in [7, 11) is 0. The summed E-state index contributed by atoms with van der Waals surface area (Å²) >= 11 is 3.26. The Labute approximate surface area is 95.9 Å². The van der Waals surface area contributed by atoms with E-state index >= 15 is 0 Å². The van der Waals surface area contributed by atoms with Crippen LogP contribution in [0.5, 0.6) is 0 Å². The lowest BCUT2D eigenvalue weighted by atomic mass is 10.1. The van der Waals surface area contributed by atoms with E-state index in [-0.39, 0.29) is 6.61 Å². The molecule has 0 saturated carbocycles. The van der Waals surface area contributed by atoms with E-state index in [1.165, 1.54) is 0 Å². The first kappa shape index (κ1) is 12.2. The third-order valence-corrected chi connectivity index (χ3v) is 2.31. The summed E-state index contributed by atoms with van der Waals surface area (Å²) in [5.74, 6) is -0.609. The second-order valence-corrected chi connectivity index (χ2v) is 3.70. The average molecular weight is 275 g/mol. The molecule has 1 rings (SSSR count). The van der Waals surface area contributed by atoms with E-state index in [0.717, 1.165) is 4.47 Å². The summed E-state index contributed by atoms with van der Waals surface area (Å²) in [6.07, 6.45) is -1.09. The molecule has 15 heavy (non-hydrogen) atoms. The normalized spacial score (nSPS) is 12.2. The van der Waals surface area contributed by atoms with Crippen molar-refractivity contribution in [3.63, 3.8) is 0 Å². The number of rotatable bonds is 4. The van der Waals surface area contributed by atoms with Crippen molar-refractivity contribution >= 4 is 21.9 Å².